The van der Waals surface area contributed by atoms with Gasteiger partial charge in [-0.25, -0.2) is 4.98 Å². The zero-order chi connectivity index (χ0) is 22.3. The van der Waals surface area contributed by atoms with Crippen molar-refractivity contribution in [3.63, 3.8) is 0 Å². The van der Waals surface area contributed by atoms with E-state index in [0.29, 0.717) is 17.6 Å². The van der Waals surface area contributed by atoms with Gasteiger partial charge in [-0.3, -0.25) is 0 Å². The fourth-order valence-corrected chi connectivity index (χ4v) is 6.31. The van der Waals surface area contributed by atoms with Crippen LogP contribution < -0.4 is 0 Å². The third kappa shape index (κ3) is 5.99. The van der Waals surface area contributed by atoms with Gasteiger partial charge in [0.15, 0.2) is 5.15 Å². The van der Waals surface area contributed by atoms with Gasteiger partial charge in [0.1, 0.15) is 6.33 Å². The van der Waals surface area contributed by atoms with E-state index in [2.05, 4.69) is 28.1 Å². The molecule has 170 valence electrons. The molecule has 1 aliphatic rings. The molecule has 5 N–H and O–H groups in total. The van der Waals surface area contributed by atoms with Gasteiger partial charge in [-0.05, 0) is 0 Å². The van der Waals surface area contributed by atoms with Crippen molar-refractivity contribution in [1.82, 2.24) is 19.5 Å². The SMILES string of the molecule is CC1C[C@@H](COP(=O)(O)OP(=O)(O)O[PH](O)(O)O)O[C@H]1n1cnc2c(Cl)ncnc21. The van der Waals surface area contributed by atoms with Crippen LogP contribution in [0.15, 0.2) is 12.7 Å². The van der Waals surface area contributed by atoms with Crippen molar-refractivity contribution in [2.45, 2.75) is 25.7 Å². The number of phosphoric ester groups is 1. The van der Waals surface area contributed by atoms with Gasteiger partial charge in [-0.1, -0.05) is 11.6 Å². The number of fused-ring (bicyclic) bond motifs is 1. The van der Waals surface area contributed by atoms with Gasteiger partial charge >= 0.3 is 146 Å². The fourth-order valence-electron chi connectivity index (χ4n) is 2.88. The molecule has 0 bridgehead atoms. The van der Waals surface area contributed by atoms with E-state index >= 15 is 0 Å². The second kappa shape index (κ2) is 8.72. The fraction of sp³-hybridized carbons (Fsp3) is 0.545. The van der Waals surface area contributed by atoms with Gasteiger partial charge in [-0.15, -0.1) is 0 Å². The molecule has 1 aliphatic heterocycles. The monoisotopic (exact) mass is 510 g/mol. The number of rotatable bonds is 8. The van der Waals surface area contributed by atoms with Crippen LogP contribution in [-0.4, -0.2) is 56.7 Å². The van der Waals surface area contributed by atoms with Crippen molar-refractivity contribution in [2.24, 2.45) is 5.92 Å². The van der Waals surface area contributed by atoms with Crippen molar-refractivity contribution in [2.75, 3.05) is 6.61 Å². The predicted octanol–water partition coefficient (Wildman–Crippen LogP) is 1.04. The molecule has 0 aliphatic carbocycles. The normalized spacial score (nSPS) is 27.1. The number of phosphoric acid groups is 2. The van der Waals surface area contributed by atoms with Crippen LogP contribution >= 0.6 is 35.4 Å². The van der Waals surface area contributed by atoms with Crippen LogP contribution in [0.2, 0.25) is 5.15 Å². The third-order valence-corrected chi connectivity index (χ3v) is 8.21. The van der Waals surface area contributed by atoms with Crippen LogP contribution in [0.4, 0.5) is 0 Å². The first kappa shape index (κ1) is 24.0. The van der Waals surface area contributed by atoms with Gasteiger partial charge in [0, 0.05) is 0 Å². The molecule has 3 rings (SSSR count). The average molecular weight is 511 g/mol. The Hall–Kier alpha value is -0.630. The van der Waals surface area contributed by atoms with Gasteiger partial charge in [0.25, 0.3) is 0 Å². The summed E-state index contributed by atoms with van der Waals surface area (Å²) in [7, 11) is -16.2. The van der Waals surface area contributed by atoms with E-state index in [9.17, 15) is 18.9 Å². The molecule has 15 nitrogen and oxygen atoms in total. The van der Waals surface area contributed by atoms with Crippen LogP contribution in [0.3, 0.4) is 0 Å². The third-order valence-electron chi connectivity index (χ3n) is 3.91. The Labute approximate surface area is 174 Å². The Balaban J connectivity index is 1.63. The zero-order valence-corrected chi connectivity index (χ0v) is 18.6. The minimum absolute atomic E-state index is 0.110. The first-order chi connectivity index (χ1) is 13.8. The van der Waals surface area contributed by atoms with Gasteiger partial charge in [0.05, 0.1) is 0 Å². The van der Waals surface area contributed by atoms with E-state index in [1.165, 1.54) is 12.7 Å². The first-order valence-electron chi connectivity index (χ1n) is 8.14. The molecule has 0 saturated carbocycles. The molecule has 2 aromatic heterocycles. The summed E-state index contributed by atoms with van der Waals surface area (Å²) in [5, 5.41) is 0.166. The number of imidazole rings is 1. The van der Waals surface area contributed by atoms with Crippen LogP contribution in [0.25, 0.3) is 11.2 Å². The molecule has 0 amide bonds. The molecule has 3 unspecified atom stereocenters. The Morgan fingerprint density at radius 3 is 2.63 bits per heavy atom. The summed E-state index contributed by atoms with van der Waals surface area (Å²) in [6.07, 6.45) is 1.82. The molecule has 3 heterocycles. The van der Waals surface area contributed by atoms with Crippen molar-refractivity contribution in [3.8, 4) is 0 Å². The standard InChI is InChI=1S/C11H18ClN4O11P3/c1-6-2-7(3-24-29(20,21)27-30(22,23)26-28(17,18)19)25-11(6)16-5-15-8-9(12)13-4-14-10(8)16/h4-7,11,17-19,28H,2-3H2,1H3,(H,20,21)(H,22,23)/t6?,7-,11+/m0/s1. The molecule has 19 heteroatoms. The maximum atomic E-state index is 11.8. The van der Waals surface area contributed by atoms with E-state index in [1.807, 2.05) is 6.92 Å². The van der Waals surface area contributed by atoms with Crippen molar-refractivity contribution < 1.29 is 51.5 Å². The zero-order valence-electron chi connectivity index (χ0n) is 15.0. The second-order valence-electron chi connectivity index (χ2n) is 6.33. The van der Waals surface area contributed by atoms with E-state index in [-0.39, 0.29) is 11.1 Å². The van der Waals surface area contributed by atoms with E-state index in [0.717, 1.165) is 0 Å². The summed E-state index contributed by atoms with van der Waals surface area (Å²) < 4.78 is 42.8. The van der Waals surface area contributed by atoms with Gasteiger partial charge < -0.3 is 0 Å². The summed E-state index contributed by atoms with van der Waals surface area (Å²) in [6.45, 7) is 1.33. The molecule has 1 saturated heterocycles. The molecule has 0 radical (unpaired) electrons. The van der Waals surface area contributed by atoms with E-state index in [1.54, 1.807) is 4.57 Å². The number of nitrogens with zero attached hydrogens (tertiary/aromatic N) is 4. The summed E-state index contributed by atoms with van der Waals surface area (Å²) in [4.78, 5) is 56.8. The van der Waals surface area contributed by atoms with Crippen molar-refractivity contribution in [3.05, 3.63) is 17.8 Å². The van der Waals surface area contributed by atoms with Crippen molar-refractivity contribution >= 4 is 46.6 Å². The summed E-state index contributed by atoms with van der Waals surface area (Å²) in [5.41, 5.74) is 0.797. The Morgan fingerprint density at radius 1 is 1.27 bits per heavy atom. The second-order valence-corrected chi connectivity index (χ2v) is 11.4. The van der Waals surface area contributed by atoms with Crippen LogP contribution in [-0.2, 0) is 27.0 Å². The van der Waals surface area contributed by atoms with Crippen LogP contribution in [0.1, 0.15) is 19.6 Å². The number of halogens is 1. The van der Waals surface area contributed by atoms with Crippen LogP contribution in [0.5, 0.6) is 0 Å². The molecule has 1 fully saturated rings. The number of hydrogen-bond donors (Lipinski definition) is 5. The number of ether oxygens (including phenoxy) is 1. The van der Waals surface area contributed by atoms with E-state index < -0.39 is 42.8 Å². The number of aromatic nitrogens is 4. The molecular weight excluding hydrogens is 493 g/mol. The molecule has 0 aromatic carbocycles. The molecule has 2 aromatic rings. The Kier molecular flexibility index (Phi) is 6.98. The molecule has 30 heavy (non-hydrogen) atoms. The molecule has 5 atom stereocenters. The predicted molar refractivity (Wildman–Crippen MR) is 101 cm³/mol. The minimum atomic E-state index is -5.50. The number of hydrogen-bond acceptors (Lipinski definition) is 12. The van der Waals surface area contributed by atoms with E-state index in [4.69, 9.17) is 31.0 Å². The maximum absolute atomic E-state index is 11.8. The molecular formula is C11H18ClN4O11P3. The average Bonchev–Trinajstić information content (AvgIpc) is 3.13. The quantitative estimate of drug-likeness (QED) is 0.248. The summed E-state index contributed by atoms with van der Waals surface area (Å²) in [6, 6.07) is 0. The molecule has 0 spiro atoms. The summed E-state index contributed by atoms with van der Waals surface area (Å²) >= 11 is 5.98. The summed E-state index contributed by atoms with van der Waals surface area (Å²) in [5.74, 6) is -0.110. The van der Waals surface area contributed by atoms with Gasteiger partial charge in [0.2, 0.25) is 0 Å². The first-order valence-corrected chi connectivity index (χ1v) is 13.3. The topological polar surface area (TPSA) is 216 Å². The van der Waals surface area contributed by atoms with Crippen LogP contribution in [0, 0.1) is 5.92 Å². The Morgan fingerprint density at radius 2 is 1.97 bits per heavy atom. The Bertz CT molecular complexity index is 1020. The van der Waals surface area contributed by atoms with Crippen molar-refractivity contribution in [1.29, 1.82) is 0 Å². The van der Waals surface area contributed by atoms with Gasteiger partial charge in [-0.2, -0.15) is 0 Å².